The molecule has 0 aliphatic heterocycles. The van der Waals surface area contributed by atoms with Crippen molar-refractivity contribution < 1.29 is 0 Å². The van der Waals surface area contributed by atoms with Crippen molar-refractivity contribution in [2.75, 3.05) is 0 Å². The van der Waals surface area contributed by atoms with Crippen molar-refractivity contribution >= 4 is 59.0 Å². The van der Waals surface area contributed by atoms with Crippen molar-refractivity contribution in [3.8, 4) is 0 Å². The van der Waals surface area contributed by atoms with Gasteiger partial charge in [0.05, 0.1) is 0 Å². The minimum absolute atomic E-state index is 1.33. The summed E-state index contributed by atoms with van der Waals surface area (Å²) >= 11 is 8.46. The van der Waals surface area contributed by atoms with E-state index in [1.165, 1.54) is 12.1 Å². The van der Waals surface area contributed by atoms with E-state index in [0.717, 1.165) is 0 Å². The van der Waals surface area contributed by atoms with E-state index in [0.29, 0.717) is 0 Å². The van der Waals surface area contributed by atoms with Gasteiger partial charge in [-0.1, -0.05) is 0 Å². The van der Waals surface area contributed by atoms with Gasteiger partial charge in [0.1, 0.15) is 0 Å². The van der Waals surface area contributed by atoms with Gasteiger partial charge in [-0.05, 0) is 0 Å². The van der Waals surface area contributed by atoms with Crippen molar-refractivity contribution in [3.05, 3.63) is 13.5 Å². The Morgan fingerprint density at radius 3 is 2.22 bits per heavy atom. The van der Waals surface area contributed by atoms with E-state index in [1.54, 1.807) is 11.3 Å². The molecule has 2 rings (SSSR count). The molecule has 0 atom stereocenters. The number of fused-ring (bicyclic) bond motifs is 1. The third kappa shape index (κ3) is 1.06. The molecule has 9 heavy (non-hydrogen) atoms. The third-order valence-electron chi connectivity index (χ3n) is 0.980. The molecule has 0 spiro atoms. The standard InChI is InChI=1S/C5H2S3Se/c9-5-7-3-1-6-2-4(3)8-5/h1-2H. The zero-order valence-corrected chi connectivity index (χ0v) is 8.45. The predicted octanol–water partition coefficient (Wildman–Crippen LogP) is 2.72. The van der Waals surface area contributed by atoms with Crippen molar-refractivity contribution in [3.63, 3.8) is 0 Å². The summed E-state index contributed by atoms with van der Waals surface area (Å²) in [5.74, 6) is 0. The van der Waals surface area contributed by atoms with E-state index in [1.807, 2.05) is 22.7 Å². The Bertz CT molecular complexity index is 335. The average molecular weight is 237 g/mol. The Balaban J connectivity index is 3.08. The summed E-state index contributed by atoms with van der Waals surface area (Å²) in [6.45, 7) is 0. The molecule has 0 bridgehead atoms. The molecule has 0 unspecified atom stereocenters. The predicted molar refractivity (Wildman–Crippen MR) is 46.6 cm³/mol. The normalized spacial score (nSPS) is 10.7. The molecule has 0 aliphatic rings. The molecule has 0 aliphatic carbocycles. The first-order valence-corrected chi connectivity index (χ1v) is 5.75. The Kier molecular flexibility index (Phi) is 1.59. The van der Waals surface area contributed by atoms with Crippen LogP contribution in [0.5, 0.6) is 0 Å². The minimum atomic E-state index is 1.33. The van der Waals surface area contributed by atoms with Crippen LogP contribution in [0.15, 0.2) is 10.8 Å². The second kappa shape index (κ2) is 2.29. The first kappa shape index (κ1) is 6.25. The molecule has 0 nitrogen and oxygen atoms in total. The Labute approximate surface area is 72.1 Å². The maximum absolute atomic E-state index is 3.02. The molecule has 2 aromatic rings. The van der Waals surface area contributed by atoms with E-state index in [-0.39, 0.29) is 0 Å². The van der Waals surface area contributed by atoms with E-state index < -0.39 is 0 Å². The topological polar surface area (TPSA) is 0 Å². The summed E-state index contributed by atoms with van der Waals surface area (Å²) < 4.78 is 4.16. The SMILES string of the molecule is [Se]=c1sc2cscc2s1. The van der Waals surface area contributed by atoms with Crippen LogP contribution >= 0.6 is 34.0 Å². The molecule has 0 N–H and O–H groups in total. The van der Waals surface area contributed by atoms with Crippen molar-refractivity contribution in [2.45, 2.75) is 0 Å². The molecule has 2 aromatic heterocycles. The molecule has 0 fully saturated rings. The van der Waals surface area contributed by atoms with Crippen molar-refractivity contribution in [2.24, 2.45) is 0 Å². The van der Waals surface area contributed by atoms with Gasteiger partial charge in [0, 0.05) is 0 Å². The van der Waals surface area contributed by atoms with Gasteiger partial charge in [-0.15, -0.1) is 0 Å². The van der Waals surface area contributed by atoms with Crippen LogP contribution in [0.3, 0.4) is 0 Å². The molecule has 0 amide bonds. The van der Waals surface area contributed by atoms with Gasteiger partial charge in [0.25, 0.3) is 0 Å². The van der Waals surface area contributed by atoms with Crippen molar-refractivity contribution in [1.82, 2.24) is 0 Å². The van der Waals surface area contributed by atoms with Crippen LogP contribution in [0, 0.1) is 2.69 Å². The van der Waals surface area contributed by atoms with E-state index in [9.17, 15) is 0 Å². The summed E-state index contributed by atoms with van der Waals surface area (Å²) in [4.78, 5) is 0. The molecule has 46 valence electrons. The Morgan fingerprint density at radius 1 is 1.11 bits per heavy atom. The van der Waals surface area contributed by atoms with Crippen LogP contribution < -0.4 is 0 Å². The molecule has 0 saturated carbocycles. The number of hydrogen-bond donors (Lipinski definition) is 0. The first-order valence-electron chi connectivity index (χ1n) is 2.32. The molecule has 2 heterocycles. The van der Waals surface area contributed by atoms with Gasteiger partial charge in [-0.2, -0.15) is 0 Å². The Morgan fingerprint density at radius 2 is 1.67 bits per heavy atom. The van der Waals surface area contributed by atoms with Crippen LogP contribution in [0.25, 0.3) is 9.40 Å². The van der Waals surface area contributed by atoms with Gasteiger partial charge in [0.15, 0.2) is 0 Å². The number of thiophene rings is 1. The first-order chi connectivity index (χ1) is 4.36. The maximum atomic E-state index is 3.02. The van der Waals surface area contributed by atoms with Crippen LogP contribution in [0.1, 0.15) is 0 Å². The summed E-state index contributed by atoms with van der Waals surface area (Å²) in [5.41, 5.74) is 0. The van der Waals surface area contributed by atoms with E-state index in [2.05, 4.69) is 26.3 Å². The summed E-state index contributed by atoms with van der Waals surface area (Å²) in [5, 5.41) is 4.38. The van der Waals surface area contributed by atoms with Crippen LogP contribution in [0.2, 0.25) is 0 Å². The quantitative estimate of drug-likeness (QED) is 0.618. The van der Waals surface area contributed by atoms with E-state index in [4.69, 9.17) is 0 Å². The Hall–Kier alpha value is 0.529. The molecule has 0 saturated heterocycles. The van der Waals surface area contributed by atoms with Crippen molar-refractivity contribution in [1.29, 1.82) is 0 Å². The summed E-state index contributed by atoms with van der Waals surface area (Å²) in [6, 6.07) is 0. The van der Waals surface area contributed by atoms with Crippen LogP contribution in [0.4, 0.5) is 0 Å². The second-order valence-corrected chi connectivity index (χ2v) is 6.68. The van der Waals surface area contributed by atoms with Gasteiger partial charge in [-0.3, -0.25) is 0 Å². The van der Waals surface area contributed by atoms with Crippen LogP contribution in [-0.2, 0) is 0 Å². The summed E-state index contributed by atoms with van der Waals surface area (Å²) in [6.07, 6.45) is 0. The fourth-order valence-electron chi connectivity index (χ4n) is 0.623. The zero-order chi connectivity index (χ0) is 6.27. The van der Waals surface area contributed by atoms with Gasteiger partial charge < -0.3 is 0 Å². The van der Waals surface area contributed by atoms with Crippen LogP contribution in [-0.4, -0.2) is 15.6 Å². The zero-order valence-electron chi connectivity index (χ0n) is 4.29. The molecular weight excluding hydrogens is 235 g/mol. The van der Waals surface area contributed by atoms with Gasteiger partial charge in [-0.25, -0.2) is 0 Å². The monoisotopic (exact) mass is 238 g/mol. The fourth-order valence-corrected chi connectivity index (χ4v) is 4.82. The average Bonchev–Trinajstić information content (AvgIpc) is 2.22. The molecular formula is C5H2S3Se. The molecule has 4 heteroatoms. The number of rotatable bonds is 0. The van der Waals surface area contributed by atoms with E-state index >= 15 is 0 Å². The molecule has 0 radical (unpaired) electrons. The summed E-state index contributed by atoms with van der Waals surface area (Å²) in [7, 11) is 0. The second-order valence-electron chi connectivity index (χ2n) is 1.55. The molecule has 0 aromatic carbocycles. The number of hydrogen-bond acceptors (Lipinski definition) is 3. The fraction of sp³-hybridized carbons (Fsp3) is 0. The van der Waals surface area contributed by atoms with Gasteiger partial charge >= 0.3 is 72.4 Å². The van der Waals surface area contributed by atoms with Gasteiger partial charge in [0.2, 0.25) is 0 Å². The third-order valence-corrected chi connectivity index (χ3v) is 5.15.